The van der Waals surface area contributed by atoms with E-state index >= 15 is 0 Å². The number of hydrogen-bond acceptors (Lipinski definition) is 2. The molecule has 2 nitrogen and oxygen atoms in total. The molecular formula is C11H16O2S. The summed E-state index contributed by atoms with van der Waals surface area (Å²) in [7, 11) is 0. The SMILES string of the molecule is CC(C)c1csc(C(=O)O)c1C(C)C. The van der Waals surface area contributed by atoms with Crippen molar-refractivity contribution < 1.29 is 9.90 Å². The molecule has 1 aromatic rings. The predicted octanol–water partition coefficient (Wildman–Crippen LogP) is 3.69. The van der Waals surface area contributed by atoms with E-state index in [0.29, 0.717) is 10.8 Å². The van der Waals surface area contributed by atoms with E-state index in [9.17, 15) is 4.79 Å². The van der Waals surface area contributed by atoms with Gasteiger partial charge in [0.15, 0.2) is 0 Å². The zero-order valence-electron chi connectivity index (χ0n) is 9.00. The maximum absolute atomic E-state index is 11.0. The maximum Gasteiger partial charge on any atom is 0.346 e. The van der Waals surface area contributed by atoms with Gasteiger partial charge in [0, 0.05) is 0 Å². The molecule has 3 heteroatoms. The third-order valence-corrected chi connectivity index (χ3v) is 3.25. The number of carbonyl (C=O) groups is 1. The van der Waals surface area contributed by atoms with Crippen molar-refractivity contribution >= 4 is 17.3 Å². The largest absolute Gasteiger partial charge is 0.477 e. The van der Waals surface area contributed by atoms with Gasteiger partial charge in [-0.2, -0.15) is 0 Å². The van der Waals surface area contributed by atoms with E-state index < -0.39 is 5.97 Å². The molecule has 1 N–H and O–H groups in total. The molecule has 0 atom stereocenters. The van der Waals surface area contributed by atoms with Crippen LogP contribution in [0.3, 0.4) is 0 Å². The molecule has 0 bridgehead atoms. The Kier molecular flexibility index (Phi) is 3.32. The van der Waals surface area contributed by atoms with Crippen LogP contribution in [0.2, 0.25) is 0 Å². The molecule has 0 aliphatic rings. The molecule has 1 aromatic heterocycles. The Balaban J connectivity index is 3.27. The molecule has 0 radical (unpaired) electrons. The van der Waals surface area contributed by atoms with Crippen molar-refractivity contribution in [2.24, 2.45) is 0 Å². The van der Waals surface area contributed by atoms with E-state index in [1.54, 1.807) is 0 Å². The van der Waals surface area contributed by atoms with Crippen LogP contribution in [0.1, 0.15) is 60.3 Å². The predicted molar refractivity (Wildman–Crippen MR) is 59.5 cm³/mol. The lowest BCUT2D eigenvalue weighted by atomic mass is 9.93. The Morgan fingerprint density at radius 1 is 1.29 bits per heavy atom. The van der Waals surface area contributed by atoms with Gasteiger partial charge in [0.2, 0.25) is 0 Å². The first kappa shape index (κ1) is 11.2. The minimum atomic E-state index is -0.800. The summed E-state index contributed by atoms with van der Waals surface area (Å²) in [5, 5.41) is 11.0. The maximum atomic E-state index is 11.0. The number of carboxylic acids is 1. The van der Waals surface area contributed by atoms with Gasteiger partial charge in [0.05, 0.1) is 0 Å². The van der Waals surface area contributed by atoms with Crippen molar-refractivity contribution in [3.05, 3.63) is 21.4 Å². The molecule has 0 aliphatic carbocycles. The molecule has 14 heavy (non-hydrogen) atoms. The first-order valence-electron chi connectivity index (χ1n) is 4.79. The summed E-state index contributed by atoms with van der Waals surface area (Å²) in [5.74, 6) is -0.118. The van der Waals surface area contributed by atoms with Crippen LogP contribution < -0.4 is 0 Å². The van der Waals surface area contributed by atoms with Gasteiger partial charge in [-0.25, -0.2) is 4.79 Å². The lowest BCUT2D eigenvalue weighted by Gasteiger charge is -2.11. The molecule has 0 spiro atoms. The summed E-state index contributed by atoms with van der Waals surface area (Å²) >= 11 is 1.34. The fourth-order valence-corrected chi connectivity index (χ4v) is 2.81. The highest BCUT2D eigenvalue weighted by Gasteiger charge is 2.20. The molecule has 78 valence electrons. The highest BCUT2D eigenvalue weighted by atomic mass is 32.1. The minimum Gasteiger partial charge on any atom is -0.477 e. The van der Waals surface area contributed by atoms with Crippen molar-refractivity contribution in [3.63, 3.8) is 0 Å². The third kappa shape index (κ3) is 1.98. The van der Waals surface area contributed by atoms with Crippen LogP contribution in [0.15, 0.2) is 5.38 Å². The molecule has 1 rings (SSSR count). The Morgan fingerprint density at radius 3 is 2.21 bits per heavy atom. The van der Waals surface area contributed by atoms with Gasteiger partial charge in [-0.1, -0.05) is 27.7 Å². The molecule has 0 saturated carbocycles. The van der Waals surface area contributed by atoms with E-state index in [2.05, 4.69) is 13.8 Å². The Morgan fingerprint density at radius 2 is 1.86 bits per heavy atom. The van der Waals surface area contributed by atoms with Gasteiger partial charge in [0.25, 0.3) is 0 Å². The summed E-state index contributed by atoms with van der Waals surface area (Å²) < 4.78 is 0. The van der Waals surface area contributed by atoms with Crippen LogP contribution in [0.25, 0.3) is 0 Å². The highest BCUT2D eigenvalue weighted by Crippen LogP contribution is 2.33. The fraction of sp³-hybridized carbons (Fsp3) is 0.545. The minimum absolute atomic E-state index is 0.282. The van der Waals surface area contributed by atoms with Crippen molar-refractivity contribution in [2.45, 2.75) is 39.5 Å². The van der Waals surface area contributed by atoms with Crippen LogP contribution >= 0.6 is 11.3 Å². The highest BCUT2D eigenvalue weighted by molar-refractivity contribution is 7.12. The second kappa shape index (κ2) is 4.13. The quantitative estimate of drug-likeness (QED) is 0.829. The summed E-state index contributed by atoms with van der Waals surface area (Å²) in [6.45, 7) is 8.28. The molecule has 0 saturated heterocycles. The van der Waals surface area contributed by atoms with Gasteiger partial charge in [-0.3, -0.25) is 0 Å². The Labute approximate surface area is 88.6 Å². The molecule has 0 fully saturated rings. The summed E-state index contributed by atoms with van der Waals surface area (Å²) in [5.41, 5.74) is 2.19. The van der Waals surface area contributed by atoms with Crippen LogP contribution in [0.5, 0.6) is 0 Å². The zero-order chi connectivity index (χ0) is 10.9. The van der Waals surface area contributed by atoms with Crippen LogP contribution in [-0.4, -0.2) is 11.1 Å². The summed E-state index contributed by atoms with van der Waals surface area (Å²) in [6.07, 6.45) is 0. The number of carboxylic acid groups (broad SMARTS) is 1. The van der Waals surface area contributed by atoms with E-state index in [4.69, 9.17) is 5.11 Å². The standard InChI is InChI=1S/C11H16O2S/c1-6(2)8-5-14-10(11(12)13)9(8)7(3)4/h5-7H,1-4H3,(H,12,13). The van der Waals surface area contributed by atoms with E-state index in [0.717, 1.165) is 5.56 Å². The molecule has 0 aromatic carbocycles. The summed E-state index contributed by atoms with van der Waals surface area (Å²) in [4.78, 5) is 11.5. The molecule has 0 aliphatic heterocycles. The molecule has 0 unspecified atom stereocenters. The van der Waals surface area contributed by atoms with Gasteiger partial charge in [-0.15, -0.1) is 11.3 Å². The van der Waals surface area contributed by atoms with Gasteiger partial charge < -0.3 is 5.11 Å². The van der Waals surface area contributed by atoms with Gasteiger partial charge in [-0.05, 0) is 28.3 Å². The van der Waals surface area contributed by atoms with Crippen LogP contribution in [0.4, 0.5) is 0 Å². The average Bonchev–Trinajstić information content (AvgIpc) is 2.46. The first-order chi connectivity index (χ1) is 6.45. The smallest absolute Gasteiger partial charge is 0.346 e. The van der Waals surface area contributed by atoms with E-state index in [1.165, 1.54) is 16.9 Å². The van der Waals surface area contributed by atoms with E-state index in [1.807, 2.05) is 19.2 Å². The Bertz CT molecular complexity index is 337. The average molecular weight is 212 g/mol. The fourth-order valence-electron chi connectivity index (χ4n) is 1.59. The summed E-state index contributed by atoms with van der Waals surface area (Å²) in [6, 6.07) is 0. The number of hydrogen-bond donors (Lipinski definition) is 1. The topological polar surface area (TPSA) is 37.3 Å². The monoisotopic (exact) mass is 212 g/mol. The molecule has 0 amide bonds. The third-order valence-electron chi connectivity index (χ3n) is 2.25. The van der Waals surface area contributed by atoms with Crippen molar-refractivity contribution in [3.8, 4) is 0 Å². The lowest BCUT2D eigenvalue weighted by Crippen LogP contribution is -2.02. The number of thiophene rings is 1. The second-order valence-electron chi connectivity index (χ2n) is 4.05. The van der Waals surface area contributed by atoms with Crippen LogP contribution in [-0.2, 0) is 0 Å². The van der Waals surface area contributed by atoms with Crippen molar-refractivity contribution in [1.82, 2.24) is 0 Å². The Hall–Kier alpha value is -0.830. The van der Waals surface area contributed by atoms with Crippen molar-refractivity contribution in [1.29, 1.82) is 0 Å². The number of aromatic carboxylic acids is 1. The second-order valence-corrected chi connectivity index (χ2v) is 4.93. The number of rotatable bonds is 3. The van der Waals surface area contributed by atoms with Crippen molar-refractivity contribution in [2.75, 3.05) is 0 Å². The van der Waals surface area contributed by atoms with Crippen LogP contribution in [0, 0.1) is 0 Å². The lowest BCUT2D eigenvalue weighted by molar-refractivity contribution is 0.0700. The molecule has 1 heterocycles. The van der Waals surface area contributed by atoms with Gasteiger partial charge in [0.1, 0.15) is 4.88 Å². The molecular weight excluding hydrogens is 196 g/mol. The zero-order valence-corrected chi connectivity index (χ0v) is 9.81. The van der Waals surface area contributed by atoms with E-state index in [-0.39, 0.29) is 5.92 Å². The normalized spacial score (nSPS) is 11.3. The first-order valence-corrected chi connectivity index (χ1v) is 5.67. The van der Waals surface area contributed by atoms with Gasteiger partial charge >= 0.3 is 5.97 Å².